The van der Waals surface area contributed by atoms with Gasteiger partial charge in [0.25, 0.3) is 0 Å². The highest BCUT2D eigenvalue weighted by molar-refractivity contribution is 7.81. The van der Waals surface area contributed by atoms with Crippen LogP contribution in [0.3, 0.4) is 0 Å². The molecule has 1 unspecified atom stereocenters. The van der Waals surface area contributed by atoms with Crippen LogP contribution in [0, 0.1) is 0 Å². The number of amides is 2. The first-order valence-electron chi connectivity index (χ1n) is 4.30. The second kappa shape index (κ2) is 6.77. The second-order valence-electron chi connectivity index (χ2n) is 2.67. The van der Waals surface area contributed by atoms with Gasteiger partial charge in [-0.05, 0) is 13.8 Å². The molecule has 1 atom stereocenters. The topological polar surface area (TPSA) is 58.2 Å². The highest BCUT2D eigenvalue weighted by atomic mass is 32.1. The summed E-state index contributed by atoms with van der Waals surface area (Å²) in [4.78, 5) is 21.9. The minimum atomic E-state index is -0.325. The predicted octanol–water partition coefficient (Wildman–Crippen LogP) is -0.0529. The van der Waals surface area contributed by atoms with E-state index in [-0.39, 0.29) is 17.1 Å². The van der Waals surface area contributed by atoms with Gasteiger partial charge in [-0.3, -0.25) is 9.59 Å². The molecule has 0 aromatic carbocycles. The molecule has 4 nitrogen and oxygen atoms in total. The van der Waals surface area contributed by atoms with Crippen molar-refractivity contribution in [3.63, 3.8) is 0 Å². The van der Waals surface area contributed by atoms with Crippen molar-refractivity contribution >= 4 is 24.4 Å². The Labute approximate surface area is 83.9 Å². The lowest BCUT2D eigenvalue weighted by atomic mass is 10.3. The quantitative estimate of drug-likeness (QED) is 0.550. The molecular formula is C8H16N2O2S. The van der Waals surface area contributed by atoms with Gasteiger partial charge in [0.05, 0.1) is 5.25 Å². The molecule has 0 radical (unpaired) electrons. The zero-order valence-corrected chi connectivity index (χ0v) is 8.86. The van der Waals surface area contributed by atoms with Crippen LogP contribution in [-0.2, 0) is 9.59 Å². The van der Waals surface area contributed by atoms with E-state index in [0.717, 1.165) is 0 Å². The maximum atomic E-state index is 11.0. The summed E-state index contributed by atoms with van der Waals surface area (Å²) in [7, 11) is 0. The van der Waals surface area contributed by atoms with E-state index in [1.807, 2.05) is 6.92 Å². The average Bonchev–Trinajstić information content (AvgIpc) is 2.04. The van der Waals surface area contributed by atoms with Crippen molar-refractivity contribution in [3.05, 3.63) is 0 Å². The molecule has 0 fully saturated rings. The lowest BCUT2D eigenvalue weighted by molar-refractivity contribution is -0.121. The minimum Gasteiger partial charge on any atom is -0.356 e. The van der Waals surface area contributed by atoms with E-state index in [1.54, 1.807) is 6.92 Å². The number of hydrogen-bond acceptors (Lipinski definition) is 3. The molecule has 2 amide bonds. The van der Waals surface area contributed by atoms with Gasteiger partial charge in [0.1, 0.15) is 0 Å². The van der Waals surface area contributed by atoms with Crippen LogP contribution in [0.25, 0.3) is 0 Å². The Morgan fingerprint density at radius 3 is 2.46 bits per heavy atom. The summed E-state index contributed by atoms with van der Waals surface area (Å²) in [6, 6.07) is 0. The number of hydrogen-bond donors (Lipinski definition) is 3. The van der Waals surface area contributed by atoms with E-state index in [0.29, 0.717) is 19.5 Å². The third kappa shape index (κ3) is 6.45. The first kappa shape index (κ1) is 12.3. The highest BCUT2D eigenvalue weighted by Gasteiger charge is 2.07. The van der Waals surface area contributed by atoms with Gasteiger partial charge in [-0.25, -0.2) is 0 Å². The van der Waals surface area contributed by atoms with Crippen LogP contribution in [-0.4, -0.2) is 30.2 Å². The Hall–Kier alpha value is -0.710. The van der Waals surface area contributed by atoms with Crippen LogP contribution in [0.2, 0.25) is 0 Å². The fraction of sp³-hybridized carbons (Fsp3) is 0.750. The van der Waals surface area contributed by atoms with Gasteiger partial charge in [-0.1, -0.05) is 0 Å². The van der Waals surface area contributed by atoms with E-state index in [9.17, 15) is 9.59 Å². The highest BCUT2D eigenvalue weighted by Crippen LogP contribution is 1.90. The van der Waals surface area contributed by atoms with Gasteiger partial charge < -0.3 is 10.6 Å². The summed E-state index contributed by atoms with van der Waals surface area (Å²) < 4.78 is 0. The second-order valence-corrected chi connectivity index (χ2v) is 3.45. The van der Waals surface area contributed by atoms with E-state index >= 15 is 0 Å². The molecule has 0 saturated heterocycles. The van der Waals surface area contributed by atoms with E-state index < -0.39 is 0 Å². The van der Waals surface area contributed by atoms with Crippen molar-refractivity contribution in [2.75, 3.05) is 13.1 Å². The largest absolute Gasteiger partial charge is 0.356 e. The van der Waals surface area contributed by atoms with Gasteiger partial charge >= 0.3 is 0 Å². The number of carbonyl (C=O) groups is 2. The lowest BCUT2D eigenvalue weighted by Gasteiger charge is -2.06. The van der Waals surface area contributed by atoms with Crippen LogP contribution in [0.4, 0.5) is 0 Å². The molecule has 0 spiro atoms. The van der Waals surface area contributed by atoms with Crippen molar-refractivity contribution in [1.82, 2.24) is 10.6 Å². The van der Waals surface area contributed by atoms with Crippen molar-refractivity contribution in [3.8, 4) is 0 Å². The van der Waals surface area contributed by atoms with Crippen molar-refractivity contribution in [2.45, 2.75) is 25.5 Å². The first-order valence-corrected chi connectivity index (χ1v) is 4.82. The summed E-state index contributed by atoms with van der Waals surface area (Å²) >= 11 is 3.95. The third-order valence-corrected chi connectivity index (χ3v) is 1.64. The molecule has 0 aromatic heterocycles. The third-order valence-electron chi connectivity index (χ3n) is 1.40. The van der Waals surface area contributed by atoms with Crippen LogP contribution < -0.4 is 10.6 Å². The zero-order chi connectivity index (χ0) is 10.3. The monoisotopic (exact) mass is 204 g/mol. The van der Waals surface area contributed by atoms with E-state index in [1.165, 1.54) is 0 Å². The van der Waals surface area contributed by atoms with Crippen molar-refractivity contribution in [1.29, 1.82) is 0 Å². The Balaban J connectivity index is 3.45. The summed E-state index contributed by atoms with van der Waals surface area (Å²) in [5, 5.41) is 4.91. The molecule has 76 valence electrons. The lowest BCUT2D eigenvalue weighted by Crippen LogP contribution is -2.33. The normalized spacial score (nSPS) is 11.9. The molecule has 0 aliphatic heterocycles. The average molecular weight is 204 g/mol. The number of nitrogens with one attached hydrogen (secondary N) is 2. The zero-order valence-electron chi connectivity index (χ0n) is 7.96. The molecule has 0 aromatic rings. The molecular weight excluding hydrogens is 188 g/mol. The fourth-order valence-electron chi connectivity index (χ4n) is 0.732. The number of rotatable bonds is 5. The molecule has 13 heavy (non-hydrogen) atoms. The van der Waals surface area contributed by atoms with Crippen LogP contribution in [0.1, 0.15) is 20.3 Å². The molecule has 0 aliphatic carbocycles. The molecule has 2 N–H and O–H groups in total. The Morgan fingerprint density at radius 1 is 1.38 bits per heavy atom. The predicted molar refractivity (Wildman–Crippen MR) is 54.8 cm³/mol. The molecule has 0 heterocycles. The van der Waals surface area contributed by atoms with Crippen LogP contribution in [0.15, 0.2) is 0 Å². The number of carbonyl (C=O) groups excluding carboxylic acids is 2. The Bertz CT molecular complexity index is 183. The first-order chi connectivity index (χ1) is 6.07. The number of thiol groups is 1. The van der Waals surface area contributed by atoms with Crippen molar-refractivity contribution in [2.24, 2.45) is 0 Å². The van der Waals surface area contributed by atoms with E-state index in [4.69, 9.17) is 0 Å². The van der Waals surface area contributed by atoms with E-state index in [2.05, 4.69) is 23.3 Å². The summed E-state index contributed by atoms with van der Waals surface area (Å²) in [6.45, 7) is 4.53. The minimum absolute atomic E-state index is 0.0467. The fourth-order valence-corrected chi connectivity index (χ4v) is 0.824. The maximum Gasteiger partial charge on any atom is 0.232 e. The van der Waals surface area contributed by atoms with Gasteiger partial charge in [-0.15, -0.1) is 0 Å². The smallest absolute Gasteiger partial charge is 0.232 e. The van der Waals surface area contributed by atoms with Gasteiger partial charge in [-0.2, -0.15) is 12.6 Å². The SMILES string of the molecule is CCNC(=O)CCNC(=O)C(C)S. The van der Waals surface area contributed by atoms with Gasteiger partial charge in [0.2, 0.25) is 11.8 Å². The Kier molecular flexibility index (Phi) is 6.40. The molecule has 5 heteroatoms. The summed E-state index contributed by atoms with van der Waals surface area (Å²) in [5.74, 6) is -0.192. The Morgan fingerprint density at radius 2 is 2.00 bits per heavy atom. The van der Waals surface area contributed by atoms with Crippen LogP contribution >= 0.6 is 12.6 Å². The van der Waals surface area contributed by atoms with Gasteiger partial charge in [0, 0.05) is 19.5 Å². The maximum absolute atomic E-state index is 11.0. The standard InChI is InChI=1S/C8H16N2O2S/c1-3-9-7(11)4-5-10-8(12)6(2)13/h6,13H,3-5H2,1-2H3,(H,9,11)(H,10,12). The van der Waals surface area contributed by atoms with Crippen molar-refractivity contribution < 1.29 is 9.59 Å². The molecule has 0 bridgehead atoms. The van der Waals surface area contributed by atoms with Crippen LogP contribution in [0.5, 0.6) is 0 Å². The summed E-state index contributed by atoms with van der Waals surface area (Å²) in [6.07, 6.45) is 0.320. The molecule has 0 saturated carbocycles. The molecule has 0 rings (SSSR count). The molecule has 0 aliphatic rings. The summed E-state index contributed by atoms with van der Waals surface area (Å²) in [5.41, 5.74) is 0. The van der Waals surface area contributed by atoms with Gasteiger partial charge in [0.15, 0.2) is 0 Å².